The van der Waals surface area contributed by atoms with E-state index in [1.165, 1.54) is 0 Å². The van der Waals surface area contributed by atoms with E-state index in [2.05, 4.69) is 22.3 Å². The molecule has 0 saturated heterocycles. The Bertz CT molecular complexity index is 591. The Morgan fingerprint density at radius 3 is 2.29 bits per heavy atom. The molecule has 0 aliphatic carbocycles. The van der Waals surface area contributed by atoms with Gasteiger partial charge in [-0.3, -0.25) is 0 Å². The van der Waals surface area contributed by atoms with Crippen LogP contribution in [0.2, 0.25) is 0 Å². The molecule has 4 nitrogen and oxygen atoms in total. The Labute approximate surface area is 126 Å². The molecule has 0 unspecified atom stereocenters. The van der Waals surface area contributed by atoms with Crippen LogP contribution in [0.4, 0.5) is 22.7 Å². The first-order valence-electron chi connectivity index (χ1n) is 7.07. The highest BCUT2D eigenvalue weighted by atomic mass is 16.5. The number of nitrogens with two attached hydrogens (primary N) is 1. The third-order valence-corrected chi connectivity index (χ3v) is 3.09. The van der Waals surface area contributed by atoms with E-state index in [0.29, 0.717) is 11.4 Å². The van der Waals surface area contributed by atoms with E-state index < -0.39 is 0 Å². The van der Waals surface area contributed by atoms with Crippen LogP contribution in [-0.4, -0.2) is 20.2 Å². The van der Waals surface area contributed by atoms with Gasteiger partial charge >= 0.3 is 0 Å². The molecular formula is C17H23N3O. The van der Waals surface area contributed by atoms with Crippen molar-refractivity contribution in [3.05, 3.63) is 42.5 Å². The molecule has 0 spiro atoms. The number of nitrogen functional groups attached to an aromatic ring is 1. The molecule has 2 rings (SSSR count). The van der Waals surface area contributed by atoms with Gasteiger partial charge in [0, 0.05) is 25.5 Å². The van der Waals surface area contributed by atoms with Gasteiger partial charge in [0.1, 0.15) is 5.75 Å². The van der Waals surface area contributed by atoms with Crippen molar-refractivity contribution in [1.82, 2.24) is 0 Å². The van der Waals surface area contributed by atoms with Gasteiger partial charge in [-0.15, -0.1) is 0 Å². The van der Waals surface area contributed by atoms with Gasteiger partial charge in [-0.2, -0.15) is 0 Å². The highest BCUT2D eigenvalue weighted by Crippen LogP contribution is 2.32. The number of nitrogens with zero attached hydrogens (tertiary/aromatic N) is 1. The molecule has 0 atom stereocenters. The number of benzene rings is 2. The smallest absolute Gasteiger partial charge is 0.144 e. The van der Waals surface area contributed by atoms with Crippen LogP contribution in [0.25, 0.3) is 0 Å². The predicted molar refractivity (Wildman–Crippen MR) is 90.7 cm³/mol. The first-order chi connectivity index (χ1) is 9.97. The largest absolute Gasteiger partial charge is 0.489 e. The minimum absolute atomic E-state index is 0.0990. The van der Waals surface area contributed by atoms with Crippen molar-refractivity contribution in [2.75, 3.05) is 30.0 Å². The minimum Gasteiger partial charge on any atom is -0.489 e. The quantitative estimate of drug-likeness (QED) is 0.819. The SMILES string of the molecule is CC(C)Oc1cccc(Nc2ccc(N(C)C)cc2)c1N. The Morgan fingerprint density at radius 2 is 1.71 bits per heavy atom. The summed E-state index contributed by atoms with van der Waals surface area (Å²) >= 11 is 0. The van der Waals surface area contributed by atoms with Gasteiger partial charge in [0.05, 0.1) is 17.5 Å². The Kier molecular flexibility index (Phi) is 4.58. The van der Waals surface area contributed by atoms with Crippen LogP contribution in [0.1, 0.15) is 13.8 Å². The third-order valence-electron chi connectivity index (χ3n) is 3.09. The van der Waals surface area contributed by atoms with Crippen LogP contribution in [0.3, 0.4) is 0 Å². The van der Waals surface area contributed by atoms with Crippen LogP contribution in [-0.2, 0) is 0 Å². The lowest BCUT2D eigenvalue weighted by Gasteiger charge is -2.17. The van der Waals surface area contributed by atoms with E-state index in [1.807, 2.05) is 58.3 Å². The molecule has 0 aliphatic rings. The lowest BCUT2D eigenvalue weighted by molar-refractivity contribution is 0.244. The maximum Gasteiger partial charge on any atom is 0.144 e. The summed E-state index contributed by atoms with van der Waals surface area (Å²) in [7, 11) is 4.04. The second-order valence-electron chi connectivity index (χ2n) is 5.45. The maximum absolute atomic E-state index is 6.16. The molecule has 4 heteroatoms. The van der Waals surface area contributed by atoms with Gasteiger partial charge in [0.25, 0.3) is 0 Å². The summed E-state index contributed by atoms with van der Waals surface area (Å²) in [5.41, 5.74) is 9.79. The summed E-state index contributed by atoms with van der Waals surface area (Å²) in [6, 6.07) is 14.0. The van der Waals surface area contributed by atoms with E-state index in [1.54, 1.807) is 0 Å². The number of rotatable bonds is 5. The molecule has 2 aromatic rings. The van der Waals surface area contributed by atoms with E-state index >= 15 is 0 Å². The third kappa shape index (κ3) is 3.81. The van der Waals surface area contributed by atoms with Gasteiger partial charge < -0.3 is 20.7 Å². The Hall–Kier alpha value is -2.36. The van der Waals surface area contributed by atoms with Crippen molar-refractivity contribution < 1.29 is 4.74 Å². The number of hydrogen-bond donors (Lipinski definition) is 2. The van der Waals surface area contributed by atoms with Crippen molar-refractivity contribution in [2.45, 2.75) is 20.0 Å². The van der Waals surface area contributed by atoms with Crippen LogP contribution in [0.15, 0.2) is 42.5 Å². The summed E-state index contributed by atoms with van der Waals surface area (Å²) in [6.07, 6.45) is 0.0990. The van der Waals surface area contributed by atoms with E-state index in [0.717, 1.165) is 17.1 Å². The molecule has 112 valence electrons. The summed E-state index contributed by atoms with van der Waals surface area (Å²) in [6.45, 7) is 3.97. The average Bonchev–Trinajstić information content (AvgIpc) is 2.43. The lowest BCUT2D eigenvalue weighted by atomic mass is 10.2. The zero-order valence-electron chi connectivity index (χ0n) is 13.1. The van der Waals surface area contributed by atoms with Crippen molar-refractivity contribution >= 4 is 22.7 Å². The summed E-state index contributed by atoms with van der Waals surface area (Å²) in [5, 5.41) is 3.33. The molecule has 0 saturated carbocycles. The average molecular weight is 285 g/mol. The molecule has 0 amide bonds. The first-order valence-corrected chi connectivity index (χ1v) is 7.07. The molecule has 0 aromatic heterocycles. The molecule has 0 aliphatic heterocycles. The monoisotopic (exact) mass is 285 g/mol. The number of nitrogens with one attached hydrogen (secondary N) is 1. The van der Waals surface area contributed by atoms with Crippen molar-refractivity contribution in [2.24, 2.45) is 0 Å². The summed E-state index contributed by atoms with van der Waals surface area (Å²) in [4.78, 5) is 2.06. The van der Waals surface area contributed by atoms with E-state index in [4.69, 9.17) is 10.5 Å². The standard InChI is InChI=1S/C17H23N3O/c1-12(2)21-16-7-5-6-15(17(16)18)19-13-8-10-14(11-9-13)20(3)4/h5-12,19H,18H2,1-4H3. The number of para-hydroxylation sites is 1. The molecule has 21 heavy (non-hydrogen) atoms. The topological polar surface area (TPSA) is 50.5 Å². The van der Waals surface area contributed by atoms with E-state index in [-0.39, 0.29) is 6.10 Å². The van der Waals surface area contributed by atoms with Crippen molar-refractivity contribution in [1.29, 1.82) is 0 Å². The Balaban J connectivity index is 2.19. The minimum atomic E-state index is 0.0990. The molecular weight excluding hydrogens is 262 g/mol. The van der Waals surface area contributed by atoms with Crippen LogP contribution >= 0.6 is 0 Å². The normalized spacial score (nSPS) is 10.5. The molecule has 0 heterocycles. The zero-order valence-corrected chi connectivity index (χ0v) is 13.1. The van der Waals surface area contributed by atoms with E-state index in [9.17, 15) is 0 Å². The fraction of sp³-hybridized carbons (Fsp3) is 0.294. The fourth-order valence-corrected chi connectivity index (χ4v) is 2.01. The van der Waals surface area contributed by atoms with Crippen molar-refractivity contribution in [3.63, 3.8) is 0 Å². The second kappa shape index (κ2) is 6.39. The molecule has 0 fully saturated rings. The molecule has 0 bridgehead atoms. The highest BCUT2D eigenvalue weighted by molar-refractivity contribution is 5.77. The zero-order chi connectivity index (χ0) is 15.4. The summed E-state index contributed by atoms with van der Waals surface area (Å²) in [5.74, 6) is 0.708. The van der Waals surface area contributed by atoms with Gasteiger partial charge in [-0.05, 0) is 50.2 Å². The van der Waals surface area contributed by atoms with Crippen LogP contribution in [0, 0.1) is 0 Å². The van der Waals surface area contributed by atoms with Gasteiger partial charge in [-0.1, -0.05) is 6.07 Å². The number of hydrogen-bond acceptors (Lipinski definition) is 4. The molecule has 3 N–H and O–H groups in total. The summed E-state index contributed by atoms with van der Waals surface area (Å²) < 4.78 is 5.70. The van der Waals surface area contributed by atoms with Crippen molar-refractivity contribution in [3.8, 4) is 5.75 Å². The fourth-order valence-electron chi connectivity index (χ4n) is 2.01. The van der Waals surface area contributed by atoms with Gasteiger partial charge in [0.2, 0.25) is 0 Å². The van der Waals surface area contributed by atoms with Crippen LogP contribution in [0.5, 0.6) is 5.75 Å². The lowest BCUT2D eigenvalue weighted by Crippen LogP contribution is -2.09. The van der Waals surface area contributed by atoms with Crippen LogP contribution < -0.4 is 20.7 Å². The second-order valence-corrected chi connectivity index (χ2v) is 5.45. The number of ether oxygens (including phenoxy) is 1. The predicted octanol–water partition coefficient (Wildman–Crippen LogP) is 3.87. The number of anilines is 4. The van der Waals surface area contributed by atoms with Gasteiger partial charge in [-0.25, -0.2) is 0 Å². The molecule has 0 radical (unpaired) electrons. The first kappa shape index (κ1) is 15.0. The van der Waals surface area contributed by atoms with Gasteiger partial charge in [0.15, 0.2) is 0 Å². The highest BCUT2D eigenvalue weighted by Gasteiger charge is 2.08. The molecule has 2 aromatic carbocycles. The maximum atomic E-state index is 6.16. The Morgan fingerprint density at radius 1 is 1.05 bits per heavy atom.